The molecular formula is C77H96F3N15O15. The second kappa shape index (κ2) is 36.9. The number of carbonyl (C=O) groups excluding carboxylic acids is 12. The summed E-state index contributed by atoms with van der Waals surface area (Å²) < 4.78 is 57.4. The van der Waals surface area contributed by atoms with Gasteiger partial charge < -0.3 is 93.7 Å². The molecular weight excluding hydrogens is 1430 g/mol. The number of hydrogen-bond donors (Lipinski definition) is 14. The van der Waals surface area contributed by atoms with E-state index in [4.69, 9.17) is 20.9 Å². The van der Waals surface area contributed by atoms with Crippen LogP contribution in [0.5, 0.6) is 11.5 Å². The predicted octanol–water partition coefficient (Wildman–Crippen LogP) is 1.51. The Morgan fingerprint density at radius 2 is 1.35 bits per heavy atom. The molecule has 0 unspecified atom stereocenters. The summed E-state index contributed by atoms with van der Waals surface area (Å²) in [6.07, 6.45) is -0.370. The van der Waals surface area contributed by atoms with Crippen LogP contribution in [0.1, 0.15) is 114 Å². The minimum Gasteiger partial charge on any atom is -0.497 e. The third kappa shape index (κ3) is 21.0. The summed E-state index contributed by atoms with van der Waals surface area (Å²) in [4.78, 5) is 182. The van der Waals surface area contributed by atoms with Gasteiger partial charge >= 0.3 is 0 Å². The number of primary amides is 1. The fourth-order valence-corrected chi connectivity index (χ4v) is 14.1. The second-order valence-corrected chi connectivity index (χ2v) is 28.9. The lowest BCUT2D eigenvalue weighted by Gasteiger charge is -2.37. The molecule has 110 heavy (non-hydrogen) atoms. The number of methoxy groups -OCH3 is 1. The number of unbranched alkanes of at least 4 members (excludes halogenated alkanes) is 1. The van der Waals surface area contributed by atoms with E-state index in [1.54, 1.807) is 54.7 Å². The van der Waals surface area contributed by atoms with Gasteiger partial charge in [-0.05, 0) is 174 Å². The second-order valence-electron chi connectivity index (χ2n) is 28.9. The molecule has 4 aromatic carbocycles. The molecule has 6 heterocycles. The van der Waals surface area contributed by atoms with Crippen molar-refractivity contribution in [3.63, 3.8) is 0 Å². The van der Waals surface area contributed by atoms with Crippen LogP contribution in [0.15, 0.2) is 97.3 Å². The van der Waals surface area contributed by atoms with Crippen molar-refractivity contribution in [1.29, 1.82) is 0 Å². The molecule has 590 valence electrons. The molecule has 0 radical (unpaired) electrons. The minimum atomic E-state index is -1.92. The Bertz CT molecular complexity index is 4360. The molecule has 5 aliphatic rings. The first-order valence-electron chi connectivity index (χ1n) is 37.1. The number of fused-ring (bicyclic) bond motifs is 32. The number of aromatic nitrogens is 2. The number of nitrogens with zero attached hydrogens (tertiary/aromatic N) is 2. The van der Waals surface area contributed by atoms with E-state index >= 15 is 23.2 Å². The van der Waals surface area contributed by atoms with Crippen molar-refractivity contribution in [2.24, 2.45) is 17.4 Å². The number of carbonyl (C=O) groups is 12. The van der Waals surface area contributed by atoms with E-state index < -0.39 is 181 Å². The average Bonchev–Trinajstić information content (AvgIpc) is 1.61. The minimum absolute atomic E-state index is 0.0103. The number of benzene rings is 4. The Kier molecular flexibility index (Phi) is 27.3. The number of nitrogens with two attached hydrogens (primary N) is 2. The molecule has 1 saturated carbocycles. The highest BCUT2D eigenvalue weighted by Gasteiger charge is 2.50. The molecule has 2 aromatic heterocycles. The zero-order valence-corrected chi connectivity index (χ0v) is 61.7. The maximum Gasteiger partial charge on any atom is 0.246 e. The molecule has 6 aromatic rings. The van der Waals surface area contributed by atoms with Crippen LogP contribution in [0, 0.1) is 17.6 Å². The molecule has 30 nitrogen and oxygen atoms in total. The van der Waals surface area contributed by atoms with Crippen molar-refractivity contribution >= 4 is 92.7 Å². The Labute approximate surface area is 632 Å². The van der Waals surface area contributed by atoms with Crippen LogP contribution in [0.2, 0.25) is 0 Å². The maximum absolute atomic E-state index is 16.2. The van der Waals surface area contributed by atoms with E-state index in [2.05, 4.69) is 57.8 Å². The number of aromatic amines is 2. The van der Waals surface area contributed by atoms with Crippen LogP contribution in [0.25, 0.3) is 21.8 Å². The van der Waals surface area contributed by atoms with Gasteiger partial charge in [-0.2, -0.15) is 0 Å². The highest BCUT2D eigenvalue weighted by Crippen LogP contribution is 2.34. The van der Waals surface area contributed by atoms with Crippen molar-refractivity contribution in [2.45, 2.75) is 189 Å². The van der Waals surface area contributed by atoms with Gasteiger partial charge in [0, 0.05) is 72.8 Å². The number of nitrogens with one attached hydrogen (secondary N) is 11. The van der Waals surface area contributed by atoms with Crippen LogP contribution in [0.3, 0.4) is 0 Å². The van der Waals surface area contributed by atoms with Gasteiger partial charge in [0.2, 0.25) is 70.9 Å². The third-order valence-electron chi connectivity index (χ3n) is 20.6. The molecule has 1 aliphatic carbocycles. The molecule has 33 heteroatoms. The zero-order chi connectivity index (χ0) is 79.1. The summed E-state index contributed by atoms with van der Waals surface area (Å²) in [7, 11) is 1.45. The molecule has 12 atom stereocenters. The SMILES string of the molecule is COc1ccc(C[C@@H]2NC(=O)[C@H]([C@@H](C)O)NC(=O)[C@@H]3C[C@H](F)CN3C(=O)[C@H](Cc3c[nH]c4ccc(F)cc34)NC(=O)[C@H](CCc3c[nH]c4ccc(F)cc34)NC(=O)[C@@H](C)NC(=O)[C@H](CCCCN)NC(=O)[C@@H](NC(=O)CC3CC3)CC(=O)NCCOc3ccc(cc3)C[C@@H](C(N)=O)NC(=O)[C@]3(C)CCCN3C2=O)cc1. The number of amides is 12. The molecule has 0 spiro atoms. The lowest BCUT2D eigenvalue weighted by atomic mass is 9.94. The Hall–Kier alpha value is -11.1. The maximum atomic E-state index is 16.2. The smallest absolute Gasteiger partial charge is 0.246 e. The number of aliphatic hydroxyl groups is 1. The molecule has 4 aliphatic heterocycles. The van der Waals surface area contributed by atoms with Crippen LogP contribution >= 0.6 is 0 Å². The van der Waals surface area contributed by atoms with Gasteiger partial charge in [0.1, 0.15) is 95.8 Å². The zero-order valence-electron chi connectivity index (χ0n) is 61.7. The Morgan fingerprint density at radius 3 is 2.00 bits per heavy atom. The topological polar surface area (TPSA) is 442 Å². The Morgan fingerprint density at radius 1 is 0.718 bits per heavy atom. The quantitative estimate of drug-likeness (QED) is 0.0455. The molecule has 3 fully saturated rings. The number of aryl methyl sites for hydroxylation is 1. The number of rotatable bonds is 17. The highest BCUT2D eigenvalue weighted by atomic mass is 19.1. The average molecular weight is 1530 g/mol. The first-order chi connectivity index (χ1) is 52.6. The van der Waals surface area contributed by atoms with Gasteiger partial charge in [0.15, 0.2) is 0 Å². The lowest BCUT2D eigenvalue weighted by Crippen LogP contribution is -2.64. The van der Waals surface area contributed by atoms with Gasteiger partial charge in [-0.1, -0.05) is 24.3 Å². The van der Waals surface area contributed by atoms with E-state index in [9.17, 15) is 52.6 Å². The molecule has 2 bridgehead atoms. The highest BCUT2D eigenvalue weighted by molar-refractivity contribution is 6.01. The molecule has 12 amide bonds. The molecule has 11 rings (SSSR count). The summed E-state index contributed by atoms with van der Waals surface area (Å²) in [6.45, 7) is 3.20. The fraction of sp³-hybridized carbons (Fsp3) is 0.481. The van der Waals surface area contributed by atoms with Crippen molar-refractivity contribution in [3.05, 3.63) is 131 Å². The summed E-state index contributed by atoms with van der Waals surface area (Å²) in [5.74, 6) is -11.2. The fourth-order valence-electron chi connectivity index (χ4n) is 14.1. The lowest BCUT2D eigenvalue weighted by molar-refractivity contribution is -0.147. The van der Waals surface area contributed by atoms with Crippen molar-refractivity contribution < 1.29 is 85.3 Å². The number of hydrogen-bond acceptors (Lipinski definition) is 16. The van der Waals surface area contributed by atoms with E-state index in [1.807, 2.05) is 0 Å². The van der Waals surface area contributed by atoms with Crippen LogP contribution in [-0.2, 0) is 83.2 Å². The summed E-state index contributed by atoms with van der Waals surface area (Å²) in [5, 5.41) is 35.9. The summed E-state index contributed by atoms with van der Waals surface area (Å²) >= 11 is 0. The van der Waals surface area contributed by atoms with Crippen LogP contribution in [-0.4, -0.2) is 208 Å². The largest absolute Gasteiger partial charge is 0.497 e. The predicted molar refractivity (Wildman–Crippen MR) is 395 cm³/mol. The first kappa shape index (κ1) is 81.4. The van der Waals surface area contributed by atoms with E-state index in [-0.39, 0.29) is 101 Å². The van der Waals surface area contributed by atoms with Crippen molar-refractivity contribution in [1.82, 2.24) is 67.6 Å². The third-order valence-corrected chi connectivity index (χ3v) is 20.6. The number of alkyl halides is 1. The van der Waals surface area contributed by atoms with Gasteiger partial charge in [0.05, 0.1) is 32.7 Å². The van der Waals surface area contributed by atoms with E-state index in [0.717, 1.165) is 24.7 Å². The van der Waals surface area contributed by atoms with Gasteiger partial charge in [-0.25, -0.2) is 13.2 Å². The van der Waals surface area contributed by atoms with E-state index in [0.29, 0.717) is 51.0 Å². The van der Waals surface area contributed by atoms with Gasteiger partial charge in [0.25, 0.3) is 0 Å². The summed E-state index contributed by atoms with van der Waals surface area (Å²) in [5.41, 5.74) is 12.8. The number of ether oxygens (including phenoxy) is 2. The number of halogens is 3. The number of H-pyrrole nitrogens is 2. The number of aliphatic hydroxyl groups excluding tert-OH is 1. The standard InChI is InChI=1S/C77H96F3N15O15/c1-41-68(100)88-58(22-15-46-38-84-55-23-16-48(78)34-53(46)55)70(102)90-62(33-47-39-85-56-24-17-49(79)35-54(47)56)74(106)94-40-50(80)36-63(94)72(104)93-66(42(2)96)73(105)91-61(31-44-11-18-51(109-4)19-12-44)75(107)95-28-7-25-77(95,3)76(108)92-59(67(82)99)30-43-13-20-52(21-14-43)110-29-27-83-64(97)37-60(87-65(98)32-45-9-10-45)71(103)89-57(69(101)86-41)8-5-6-26-81/h11-14,16-21,23-24,34-35,38-39,41-42,45,50,57-63,66,84-85,96H,5-10,15,22,25-33,36-37,40,81H2,1-4H3,(H2,82,99)(H,83,97)(H,86,101)(H,87,98)(H,88,100)(H,89,103)(H,90,102)(H,91,105)(H,92,108)(H,93,104)/t41-,42-,50+,57+,58+,59+,60+,61+,62+,63+,66+,77+/m1/s1. The van der Waals surface area contributed by atoms with Crippen molar-refractivity contribution in [3.8, 4) is 11.5 Å². The summed E-state index contributed by atoms with van der Waals surface area (Å²) in [6, 6.07) is 6.33. The molecule has 16 N–H and O–H groups in total. The first-order valence-corrected chi connectivity index (χ1v) is 37.1. The van der Waals surface area contributed by atoms with Gasteiger partial charge in [-0.15, -0.1) is 0 Å². The molecule has 2 saturated heterocycles. The van der Waals surface area contributed by atoms with Crippen LogP contribution < -0.4 is 68.8 Å². The van der Waals surface area contributed by atoms with Crippen LogP contribution in [0.4, 0.5) is 13.2 Å². The van der Waals surface area contributed by atoms with E-state index in [1.165, 1.54) is 68.5 Å². The Balaban J connectivity index is 0.986. The monoisotopic (exact) mass is 1530 g/mol. The van der Waals surface area contributed by atoms with Crippen molar-refractivity contribution in [2.75, 3.05) is 39.9 Å². The normalized spacial score (nSPS) is 25.4. The van der Waals surface area contributed by atoms with Gasteiger partial charge in [-0.3, -0.25) is 57.5 Å².